The predicted molar refractivity (Wildman–Crippen MR) is 51.8 cm³/mol. The standard InChI is InChI=1S/C10H13NO3/c11-6-9(12)8-3-1-2-7(4-8)5-10(13)14/h1-4,9,12H,5-6,11H2,(H,13,14). The molecule has 0 aliphatic rings. The Hall–Kier alpha value is -1.39. The third-order valence-corrected chi connectivity index (χ3v) is 1.91. The molecular formula is C10H13NO3. The molecule has 4 heteroatoms. The molecular weight excluding hydrogens is 182 g/mol. The van der Waals surface area contributed by atoms with Crippen molar-refractivity contribution in [3.05, 3.63) is 35.4 Å². The molecule has 14 heavy (non-hydrogen) atoms. The Morgan fingerprint density at radius 2 is 2.21 bits per heavy atom. The molecule has 0 aliphatic heterocycles. The third kappa shape index (κ3) is 2.83. The summed E-state index contributed by atoms with van der Waals surface area (Å²) in [6, 6.07) is 6.81. The number of aliphatic hydroxyl groups is 1. The zero-order valence-electron chi connectivity index (χ0n) is 7.68. The van der Waals surface area contributed by atoms with Crippen molar-refractivity contribution >= 4 is 5.97 Å². The molecule has 0 aromatic heterocycles. The highest BCUT2D eigenvalue weighted by atomic mass is 16.4. The van der Waals surface area contributed by atoms with Crippen LogP contribution in [0.1, 0.15) is 17.2 Å². The Bertz CT molecular complexity index is 325. The zero-order valence-corrected chi connectivity index (χ0v) is 7.68. The van der Waals surface area contributed by atoms with Crippen LogP contribution in [0.4, 0.5) is 0 Å². The number of nitrogens with two attached hydrogens (primary N) is 1. The molecule has 0 aliphatic carbocycles. The Morgan fingerprint density at radius 3 is 2.79 bits per heavy atom. The first kappa shape index (κ1) is 10.7. The van der Waals surface area contributed by atoms with Gasteiger partial charge in [-0.3, -0.25) is 4.79 Å². The van der Waals surface area contributed by atoms with Crippen molar-refractivity contribution in [2.24, 2.45) is 5.73 Å². The monoisotopic (exact) mass is 195 g/mol. The van der Waals surface area contributed by atoms with Crippen LogP contribution in [0.25, 0.3) is 0 Å². The number of hydrogen-bond donors (Lipinski definition) is 3. The fourth-order valence-electron chi connectivity index (χ4n) is 1.22. The minimum atomic E-state index is -0.885. The van der Waals surface area contributed by atoms with Crippen LogP contribution in [0.15, 0.2) is 24.3 Å². The molecule has 0 heterocycles. The van der Waals surface area contributed by atoms with E-state index in [9.17, 15) is 9.90 Å². The summed E-state index contributed by atoms with van der Waals surface area (Å²) in [7, 11) is 0. The third-order valence-electron chi connectivity index (χ3n) is 1.91. The minimum absolute atomic E-state index is 0.0366. The number of carboxylic acids is 1. The van der Waals surface area contributed by atoms with Crippen molar-refractivity contribution in [3.8, 4) is 0 Å². The lowest BCUT2D eigenvalue weighted by Gasteiger charge is -2.08. The Kier molecular flexibility index (Phi) is 3.62. The summed E-state index contributed by atoms with van der Waals surface area (Å²) < 4.78 is 0. The highest BCUT2D eigenvalue weighted by molar-refractivity contribution is 5.70. The maximum atomic E-state index is 10.4. The van der Waals surface area contributed by atoms with Crippen LogP contribution in [-0.2, 0) is 11.2 Å². The molecule has 0 saturated carbocycles. The molecule has 1 unspecified atom stereocenters. The molecule has 4 N–H and O–H groups in total. The van der Waals surface area contributed by atoms with E-state index in [4.69, 9.17) is 10.8 Å². The van der Waals surface area contributed by atoms with Crippen LogP contribution in [0, 0.1) is 0 Å². The fourth-order valence-corrected chi connectivity index (χ4v) is 1.22. The minimum Gasteiger partial charge on any atom is -0.481 e. The van der Waals surface area contributed by atoms with Crippen molar-refractivity contribution in [2.75, 3.05) is 6.54 Å². The molecule has 1 aromatic rings. The van der Waals surface area contributed by atoms with Gasteiger partial charge in [0.05, 0.1) is 12.5 Å². The molecule has 76 valence electrons. The SMILES string of the molecule is NCC(O)c1cccc(CC(=O)O)c1. The van der Waals surface area contributed by atoms with Gasteiger partial charge in [0.1, 0.15) is 0 Å². The second-order valence-corrected chi connectivity index (χ2v) is 3.07. The van der Waals surface area contributed by atoms with Crippen LogP contribution in [-0.4, -0.2) is 22.7 Å². The fraction of sp³-hybridized carbons (Fsp3) is 0.300. The number of hydrogen-bond acceptors (Lipinski definition) is 3. The van der Waals surface area contributed by atoms with Gasteiger partial charge >= 0.3 is 5.97 Å². The van der Waals surface area contributed by atoms with E-state index in [1.165, 1.54) is 0 Å². The van der Waals surface area contributed by atoms with Gasteiger partial charge in [0.25, 0.3) is 0 Å². The topological polar surface area (TPSA) is 83.5 Å². The molecule has 0 fully saturated rings. The van der Waals surface area contributed by atoms with Gasteiger partial charge in [-0.05, 0) is 11.1 Å². The van der Waals surface area contributed by atoms with Gasteiger partial charge in [-0.1, -0.05) is 24.3 Å². The summed E-state index contributed by atoms with van der Waals surface area (Å²) in [5.74, 6) is -0.885. The summed E-state index contributed by atoms with van der Waals surface area (Å²) in [5, 5.41) is 18.0. The predicted octanol–water partition coefficient (Wildman–Crippen LogP) is 0.306. The number of aliphatic hydroxyl groups excluding tert-OH is 1. The average molecular weight is 195 g/mol. The lowest BCUT2D eigenvalue weighted by atomic mass is 10.0. The average Bonchev–Trinajstić information content (AvgIpc) is 2.16. The van der Waals surface area contributed by atoms with Crippen molar-refractivity contribution in [1.29, 1.82) is 0 Å². The van der Waals surface area contributed by atoms with E-state index in [0.717, 1.165) is 0 Å². The second-order valence-electron chi connectivity index (χ2n) is 3.07. The maximum Gasteiger partial charge on any atom is 0.307 e. The highest BCUT2D eigenvalue weighted by Crippen LogP contribution is 2.13. The molecule has 0 amide bonds. The normalized spacial score (nSPS) is 12.4. The van der Waals surface area contributed by atoms with Crippen LogP contribution in [0.5, 0.6) is 0 Å². The Morgan fingerprint density at radius 1 is 1.50 bits per heavy atom. The van der Waals surface area contributed by atoms with Crippen LogP contribution in [0.2, 0.25) is 0 Å². The zero-order chi connectivity index (χ0) is 10.6. The molecule has 0 radical (unpaired) electrons. The van der Waals surface area contributed by atoms with Crippen LogP contribution < -0.4 is 5.73 Å². The Labute approximate surface area is 82.0 Å². The van der Waals surface area contributed by atoms with Crippen molar-refractivity contribution < 1.29 is 15.0 Å². The first-order chi connectivity index (χ1) is 6.63. The van der Waals surface area contributed by atoms with Crippen LogP contribution >= 0.6 is 0 Å². The maximum absolute atomic E-state index is 10.4. The van der Waals surface area contributed by atoms with Crippen molar-refractivity contribution in [1.82, 2.24) is 0 Å². The van der Waals surface area contributed by atoms with Crippen molar-refractivity contribution in [2.45, 2.75) is 12.5 Å². The van der Waals surface area contributed by atoms with Gasteiger partial charge in [-0.25, -0.2) is 0 Å². The number of aliphatic carboxylic acids is 1. The van der Waals surface area contributed by atoms with E-state index >= 15 is 0 Å². The first-order valence-corrected chi connectivity index (χ1v) is 4.32. The van der Waals surface area contributed by atoms with E-state index < -0.39 is 12.1 Å². The van der Waals surface area contributed by atoms with Gasteiger partial charge in [-0.2, -0.15) is 0 Å². The second kappa shape index (κ2) is 4.74. The lowest BCUT2D eigenvalue weighted by molar-refractivity contribution is -0.136. The number of benzene rings is 1. The Balaban J connectivity index is 2.83. The van der Waals surface area contributed by atoms with Crippen molar-refractivity contribution in [3.63, 3.8) is 0 Å². The van der Waals surface area contributed by atoms with Gasteiger partial charge in [0.2, 0.25) is 0 Å². The molecule has 1 atom stereocenters. The van der Waals surface area contributed by atoms with Crippen LogP contribution in [0.3, 0.4) is 0 Å². The first-order valence-electron chi connectivity index (χ1n) is 4.32. The van der Waals surface area contributed by atoms with Gasteiger partial charge in [-0.15, -0.1) is 0 Å². The van der Waals surface area contributed by atoms with Gasteiger partial charge < -0.3 is 15.9 Å². The summed E-state index contributed by atoms with van der Waals surface area (Å²) in [6.45, 7) is 0.135. The largest absolute Gasteiger partial charge is 0.481 e. The number of carbonyl (C=O) groups is 1. The van der Waals surface area contributed by atoms with Gasteiger partial charge in [0, 0.05) is 6.54 Å². The molecule has 0 spiro atoms. The highest BCUT2D eigenvalue weighted by Gasteiger charge is 2.06. The molecule has 1 rings (SSSR count). The summed E-state index contributed by atoms with van der Waals surface area (Å²) in [5.41, 5.74) is 6.62. The smallest absolute Gasteiger partial charge is 0.307 e. The summed E-state index contributed by atoms with van der Waals surface area (Å²) in [6.07, 6.45) is -0.755. The quantitative estimate of drug-likeness (QED) is 0.645. The molecule has 1 aromatic carbocycles. The van der Waals surface area contributed by atoms with E-state index in [0.29, 0.717) is 11.1 Å². The van der Waals surface area contributed by atoms with E-state index in [-0.39, 0.29) is 13.0 Å². The number of rotatable bonds is 4. The summed E-state index contributed by atoms with van der Waals surface area (Å²) >= 11 is 0. The number of carboxylic acid groups (broad SMARTS) is 1. The molecule has 0 saturated heterocycles. The van der Waals surface area contributed by atoms with E-state index in [1.54, 1.807) is 24.3 Å². The van der Waals surface area contributed by atoms with E-state index in [2.05, 4.69) is 0 Å². The molecule has 4 nitrogen and oxygen atoms in total. The van der Waals surface area contributed by atoms with E-state index in [1.807, 2.05) is 0 Å². The lowest BCUT2D eigenvalue weighted by Crippen LogP contribution is -2.12. The van der Waals surface area contributed by atoms with Gasteiger partial charge in [0.15, 0.2) is 0 Å². The molecule has 0 bridgehead atoms. The summed E-state index contributed by atoms with van der Waals surface area (Å²) in [4.78, 5) is 10.4.